The van der Waals surface area contributed by atoms with E-state index in [0.717, 1.165) is 69.2 Å². The van der Waals surface area contributed by atoms with E-state index in [1.165, 1.54) is 176 Å². The number of aliphatic carboxylic acids is 1. The zero-order valence-electron chi connectivity index (χ0n) is 78.8. The zero-order valence-corrected chi connectivity index (χ0v) is 78.8. The molecule has 3 radical (unpaired) electrons. The fraction of sp³-hybridized carbons (Fsp3) is 0.0224. The van der Waals surface area contributed by atoms with Crippen molar-refractivity contribution < 1.29 is 24.3 Å². The quantitative estimate of drug-likeness (QED) is 0.0287. The summed E-state index contributed by atoms with van der Waals surface area (Å²) in [6.07, 6.45) is 0.901. The molecule has 2 aliphatic rings. The van der Waals surface area contributed by atoms with Crippen molar-refractivity contribution in [2.45, 2.75) is 20.3 Å². The van der Waals surface area contributed by atoms with Crippen LogP contribution in [0, 0.1) is 0 Å². The number of aromatic nitrogens is 3. The average Bonchev–Trinajstić information content (AvgIpc) is 2.14. The molecule has 0 spiro atoms. The third kappa shape index (κ3) is 17.7. The zero-order chi connectivity index (χ0) is 95.8. The van der Waals surface area contributed by atoms with Gasteiger partial charge in [-0.2, -0.15) is 0 Å². The van der Waals surface area contributed by atoms with Crippen LogP contribution < -0.4 is 11.9 Å². The summed E-state index contributed by atoms with van der Waals surface area (Å²) < 4.78 is 4.80. The van der Waals surface area contributed by atoms with Crippen LogP contribution in [0.1, 0.15) is 68.0 Å². The fourth-order valence-corrected chi connectivity index (χ4v) is 21.0. The van der Waals surface area contributed by atoms with Crippen LogP contribution >= 0.6 is 0 Å². The third-order valence-electron chi connectivity index (χ3n) is 27.5. The lowest BCUT2D eigenvalue weighted by Crippen LogP contribution is -2.20. The lowest BCUT2D eigenvalue weighted by molar-refractivity contribution is -0.134. The lowest BCUT2D eigenvalue weighted by Gasteiger charge is -2.16. The second kappa shape index (κ2) is 40.6. The Balaban J connectivity index is 0.000000136. The number of rotatable bonds is 11. The Labute approximate surface area is 842 Å². The maximum atomic E-state index is 11.8. The monoisotopic (exact) mass is 1870 g/mol. The molecule has 0 unspecified atom stereocenters. The number of hydrogen-bond donors (Lipinski definition) is 3. The second-order valence-corrected chi connectivity index (χ2v) is 36.0. The van der Waals surface area contributed by atoms with Gasteiger partial charge in [-0.25, -0.2) is 4.98 Å². The first-order valence-corrected chi connectivity index (χ1v) is 47.7. The summed E-state index contributed by atoms with van der Waals surface area (Å²) in [5, 5.41) is 24.7. The van der Waals surface area contributed by atoms with Gasteiger partial charge in [0.2, 0.25) is 11.6 Å². The van der Waals surface area contributed by atoms with E-state index in [0.29, 0.717) is 16.7 Å². The van der Waals surface area contributed by atoms with Gasteiger partial charge in [-0.15, -0.1) is 0 Å². The van der Waals surface area contributed by atoms with Crippen LogP contribution in [0.3, 0.4) is 0 Å². The van der Waals surface area contributed by atoms with Crippen molar-refractivity contribution in [1.82, 2.24) is 20.3 Å². The normalized spacial score (nSPS) is 11.6. The van der Waals surface area contributed by atoms with Gasteiger partial charge in [-0.3, -0.25) is 23.7 Å². The molecule has 0 atom stereocenters. The maximum absolute atomic E-state index is 11.8. The predicted octanol–water partition coefficient (Wildman–Crippen LogP) is 33.9. The number of hydrogen-bond acceptors (Lipinski definition) is 7. The molecule has 10 nitrogen and oxygen atoms in total. The van der Waals surface area contributed by atoms with Crippen molar-refractivity contribution in [2.24, 2.45) is 0 Å². The molecule has 0 bridgehead atoms. The predicted molar refractivity (Wildman–Crippen MR) is 605 cm³/mol. The minimum absolute atomic E-state index is 0. The molecule has 6 N–H and O–H groups in total. The van der Waals surface area contributed by atoms with Gasteiger partial charge in [-0.1, -0.05) is 408 Å². The molecular weight excluding hydrogens is 1770 g/mol. The Morgan fingerprint density at radius 3 is 1.01 bits per heavy atom. The highest BCUT2D eigenvalue weighted by molar-refractivity contribution is 6.53. The molecule has 11 heteroatoms. The van der Waals surface area contributed by atoms with Gasteiger partial charge in [0.05, 0.1) is 22.1 Å². The Morgan fingerprint density at radius 2 is 0.607 bits per heavy atom. The molecule has 691 valence electrons. The number of carbonyl (C=O) groups is 4. The van der Waals surface area contributed by atoms with Gasteiger partial charge in [0.25, 0.3) is 5.97 Å². The summed E-state index contributed by atoms with van der Waals surface area (Å²) in [5.74, 6) is -0.590. The smallest absolute Gasteiger partial charge is 0.300 e. The van der Waals surface area contributed by atoms with Crippen LogP contribution in [0.15, 0.2) is 497 Å². The van der Waals surface area contributed by atoms with Crippen LogP contribution in [0.5, 0.6) is 0 Å². The highest BCUT2D eigenvalue weighted by Crippen LogP contribution is 2.52. The summed E-state index contributed by atoms with van der Waals surface area (Å²) in [5.41, 5.74) is 38.7. The largest absolute Gasteiger partial charge is 0.481 e. The molecule has 0 saturated heterocycles. The molecule has 0 fully saturated rings. The summed E-state index contributed by atoms with van der Waals surface area (Å²) in [6, 6.07) is 175. The van der Waals surface area contributed by atoms with Gasteiger partial charge >= 0.3 is 0 Å². The number of anilines is 1. The van der Waals surface area contributed by atoms with Crippen LogP contribution in [0.25, 0.3) is 209 Å². The number of carboxylic acid groups (broad SMARTS) is 1. The molecule has 145 heavy (non-hydrogen) atoms. The standard InChI is InChI=1S/C65H41N3.C32H22O.C20H15N.C14H8O2.C2H4O2.CH4.B.H3N/c1-3-15-42(16-4-1)46-31-37-60-58(40-46)59-41-47(43-17-5-2-6-18-43)32-38-61(59)67(60)50-35-29-45(30-36-50)65-66-63-56-25-13-11-23-54(56)55-24-12-14-26-57(55)64(63)68(65)51-33-27-44(28-34-51)62-52-21-9-7-19-48(52)39-49-20-8-10-22-53(49)62;33-21-22-11-13-25(14-12-22)32-28-17-15-26(23-7-3-1-4-8-23)19-30(28)31-20-27(16-18-29(31)32)24-9-5-2-6-10-24;21-17-11-9-14(10-12-17)20-18-7-3-1-5-15(18)13-16-6-2-4-8-19(16)20;15-13-11-7-3-1-5-9(11)10-6-2-4-8-12(10)14(13)16;1-2(3)4;;;/h1-41H;1-21,32H;1-13H,21H2;1-8H;1H3,(H,3,4);1H4;;1H3. The van der Waals surface area contributed by atoms with Gasteiger partial charge in [-0.05, 0) is 257 Å². The molecule has 0 saturated carbocycles. The van der Waals surface area contributed by atoms with E-state index in [2.05, 4.69) is 434 Å². The third-order valence-corrected chi connectivity index (χ3v) is 27.5. The maximum Gasteiger partial charge on any atom is 0.300 e. The lowest BCUT2D eigenvalue weighted by atomic mass is 9.84. The number of nitrogens with two attached hydrogens (primary N) is 1. The van der Waals surface area contributed by atoms with Crippen molar-refractivity contribution in [1.29, 1.82) is 0 Å². The number of carbonyl (C=O) groups excluding carboxylic acids is 3. The topological polar surface area (TPSA) is 172 Å². The van der Waals surface area contributed by atoms with Crippen LogP contribution in [0.2, 0.25) is 0 Å². The molecule has 0 amide bonds. The fourth-order valence-electron chi connectivity index (χ4n) is 21.0. The van der Waals surface area contributed by atoms with Crippen LogP contribution in [-0.4, -0.2) is 51.5 Å². The second-order valence-electron chi connectivity index (χ2n) is 36.0. The van der Waals surface area contributed by atoms with Gasteiger partial charge in [0.15, 0.2) is 0 Å². The SMILES string of the molecule is C.CC(=O)O.N.Nc1ccc(-c2c3ccccc3cc3ccccc23)cc1.O=C1C(=O)c2ccccc2-c2ccccc21.O=Cc1ccc(C2c3ccc(-c4ccccc4)cc3-c3cc(-c4ccccc4)ccc32)cc1.[B].c1ccc(-c2ccc3c(c2)c2cc(-c4ccccc4)ccc2n3-c2ccc(-c3nc4c5ccccc5c5ccccc5c4n3-c3ccc(-c4c5ccccc5cc5ccccc45)cc3)cc2)cc1. The molecule has 25 aromatic rings. The molecule has 2 aromatic heterocycles. The number of ketones is 2. The van der Waals surface area contributed by atoms with Crippen LogP contribution in [-0.2, 0) is 4.79 Å². The highest BCUT2D eigenvalue weighted by atomic mass is 16.4. The first-order valence-electron chi connectivity index (χ1n) is 47.7. The molecule has 23 aromatic carbocycles. The van der Waals surface area contributed by atoms with E-state index in [9.17, 15) is 14.4 Å². The first-order chi connectivity index (χ1) is 69.9. The Hall–Kier alpha value is -18.8. The number of nitrogen functional groups attached to an aromatic ring is 1. The Kier molecular flexibility index (Phi) is 26.2. The van der Waals surface area contributed by atoms with E-state index in [-0.39, 0.29) is 27.9 Å². The summed E-state index contributed by atoms with van der Waals surface area (Å²) in [7, 11) is 0. The van der Waals surface area contributed by atoms with Crippen molar-refractivity contribution in [2.75, 3.05) is 5.73 Å². The van der Waals surface area contributed by atoms with E-state index >= 15 is 0 Å². The van der Waals surface area contributed by atoms with E-state index in [1.807, 2.05) is 48.5 Å². The number of carboxylic acids is 1. The average molecular weight is 1870 g/mol. The van der Waals surface area contributed by atoms with Crippen molar-refractivity contribution >= 4 is 135 Å². The van der Waals surface area contributed by atoms with Gasteiger partial charge < -0.3 is 21.6 Å². The summed E-state index contributed by atoms with van der Waals surface area (Å²) >= 11 is 0. The highest BCUT2D eigenvalue weighted by Gasteiger charge is 2.33. The molecule has 27 rings (SSSR count). The molecule has 2 aliphatic carbocycles. The Morgan fingerprint density at radius 1 is 0.297 bits per heavy atom. The molecular formula is C134H97BN5O5. The van der Waals surface area contributed by atoms with Crippen LogP contribution in [0.4, 0.5) is 5.69 Å². The minimum Gasteiger partial charge on any atom is -0.481 e. The molecule has 0 aliphatic heterocycles. The number of benzene rings is 23. The number of imidazole rings is 1. The van der Waals surface area contributed by atoms with E-state index in [1.54, 1.807) is 24.3 Å². The Bertz CT molecular complexity index is 8900. The van der Waals surface area contributed by atoms with E-state index < -0.39 is 17.5 Å². The summed E-state index contributed by atoms with van der Waals surface area (Å²) in [6.45, 7) is 1.08. The van der Waals surface area contributed by atoms with Gasteiger partial charge in [0, 0.05) is 82.1 Å². The van der Waals surface area contributed by atoms with Crippen molar-refractivity contribution in [3.63, 3.8) is 0 Å². The van der Waals surface area contributed by atoms with E-state index in [4.69, 9.17) is 20.6 Å². The number of nitrogens with zero attached hydrogens (tertiary/aromatic N) is 3. The van der Waals surface area contributed by atoms with Crippen molar-refractivity contribution in [3.8, 4) is 112 Å². The first kappa shape index (κ1) is 93.8. The molecule has 2 heterocycles. The number of aldehydes is 1. The minimum atomic E-state index is -0.833. The number of fused-ring (bicyclic) bond motifs is 19. The number of Topliss-reactive ketones (excluding diaryl/α,β-unsaturated/α-hetero) is 2. The van der Waals surface area contributed by atoms with Gasteiger partial charge in [0.1, 0.15) is 12.1 Å². The van der Waals surface area contributed by atoms with Crippen molar-refractivity contribution in [3.05, 3.63) is 531 Å². The summed E-state index contributed by atoms with van der Waals surface area (Å²) in [4.78, 5) is 49.5.